The van der Waals surface area contributed by atoms with Crippen molar-refractivity contribution in [1.82, 2.24) is 15.8 Å². The molecule has 2 saturated heterocycles. The zero-order chi connectivity index (χ0) is 22.4. The molecule has 1 saturated carbocycles. The van der Waals surface area contributed by atoms with E-state index in [1.807, 2.05) is 0 Å². The van der Waals surface area contributed by atoms with Crippen LogP contribution < -0.4 is 16.1 Å². The van der Waals surface area contributed by atoms with Gasteiger partial charge in [0.25, 0.3) is 0 Å². The molecule has 1 aromatic rings. The highest BCUT2D eigenvalue weighted by atomic mass is 32.2. The number of hydrogen-bond acceptors (Lipinski definition) is 7. The molecule has 3 aliphatic rings. The van der Waals surface area contributed by atoms with E-state index in [9.17, 15) is 18.5 Å². The van der Waals surface area contributed by atoms with Gasteiger partial charge in [-0.2, -0.15) is 5.26 Å². The van der Waals surface area contributed by atoms with Crippen LogP contribution in [0.2, 0.25) is 0 Å². The number of carbonyl (C=O) groups excluding carboxylic acids is 1. The first kappa shape index (κ1) is 22.1. The smallest absolute Gasteiger partial charge is 0.228 e. The highest BCUT2D eigenvalue weighted by Gasteiger charge is 2.51. The van der Waals surface area contributed by atoms with E-state index in [1.165, 1.54) is 0 Å². The molecular formula is C22H31N5O3S. The number of amides is 1. The second kappa shape index (κ2) is 8.08. The maximum Gasteiger partial charge on any atom is 0.228 e. The lowest BCUT2D eigenvalue weighted by atomic mass is 9.90. The number of hydrogen-bond donors (Lipinski definition) is 3. The van der Waals surface area contributed by atoms with Crippen molar-refractivity contribution in [2.24, 2.45) is 11.8 Å². The van der Waals surface area contributed by atoms with Crippen LogP contribution in [0.4, 0.5) is 5.69 Å². The van der Waals surface area contributed by atoms with Crippen molar-refractivity contribution in [2.45, 2.75) is 74.3 Å². The summed E-state index contributed by atoms with van der Waals surface area (Å²) in [6, 6.07) is 9.27. The molecule has 3 fully saturated rings. The number of fused-ring (bicyclic) bond motifs is 1. The minimum atomic E-state index is -3.42. The molecule has 1 aliphatic carbocycles. The predicted octanol–water partition coefficient (Wildman–Crippen LogP) is 2.01. The lowest BCUT2D eigenvalue weighted by molar-refractivity contribution is -0.128. The molecule has 0 spiro atoms. The fraction of sp³-hybridized carbons (Fsp3) is 0.636. The van der Waals surface area contributed by atoms with Gasteiger partial charge in [0.1, 0.15) is 6.17 Å². The molecule has 2 heterocycles. The van der Waals surface area contributed by atoms with Gasteiger partial charge >= 0.3 is 0 Å². The fourth-order valence-corrected chi connectivity index (χ4v) is 6.19. The van der Waals surface area contributed by atoms with Crippen LogP contribution in [0.5, 0.6) is 0 Å². The Bertz CT molecular complexity index is 980. The van der Waals surface area contributed by atoms with Gasteiger partial charge in [-0.25, -0.2) is 18.9 Å². The summed E-state index contributed by atoms with van der Waals surface area (Å²) in [7, 11) is -3.42. The third-order valence-corrected chi connectivity index (χ3v) is 9.26. The van der Waals surface area contributed by atoms with Crippen LogP contribution in [0, 0.1) is 23.2 Å². The number of sulfone groups is 1. The average molecular weight is 446 g/mol. The average Bonchev–Trinajstić information content (AvgIpc) is 3.32. The lowest BCUT2D eigenvalue weighted by Gasteiger charge is -2.35. The van der Waals surface area contributed by atoms with Gasteiger partial charge in [0.05, 0.1) is 27.5 Å². The molecule has 5 atom stereocenters. The van der Waals surface area contributed by atoms with Gasteiger partial charge in [-0.05, 0) is 64.3 Å². The Morgan fingerprint density at radius 1 is 1.13 bits per heavy atom. The Balaban J connectivity index is 1.55. The quantitative estimate of drug-likeness (QED) is 0.649. The van der Waals surface area contributed by atoms with Crippen molar-refractivity contribution in [3.05, 3.63) is 24.3 Å². The number of hydrazine groups is 1. The highest BCUT2D eigenvalue weighted by molar-refractivity contribution is 7.92. The van der Waals surface area contributed by atoms with Gasteiger partial charge in [-0.1, -0.05) is 6.42 Å². The van der Waals surface area contributed by atoms with Crippen LogP contribution in [-0.2, 0) is 14.6 Å². The molecule has 2 aliphatic heterocycles. The van der Waals surface area contributed by atoms with E-state index in [-0.39, 0.29) is 40.9 Å². The van der Waals surface area contributed by atoms with Gasteiger partial charge < -0.3 is 10.6 Å². The van der Waals surface area contributed by atoms with Crippen molar-refractivity contribution in [3.63, 3.8) is 0 Å². The maximum absolute atomic E-state index is 12.7. The standard InChI is InChI=1S/C22H31N5O3S/c1-22(2,3)31(29,30)16-9-7-15(8-10-16)25-20-19-18(11-12-24-21(19)28)27(26-20)17-6-4-5-14(17)13-23/h7-10,14,17-20,25-26H,4-6,11-12H2,1-3H3,(H,24,28)/t14-,17?,18?,19?,20?/m1/s1. The van der Waals surface area contributed by atoms with E-state index < -0.39 is 14.6 Å². The highest BCUT2D eigenvalue weighted by Crippen LogP contribution is 2.37. The van der Waals surface area contributed by atoms with E-state index in [4.69, 9.17) is 0 Å². The van der Waals surface area contributed by atoms with Crippen molar-refractivity contribution < 1.29 is 13.2 Å². The van der Waals surface area contributed by atoms with Gasteiger partial charge in [0.15, 0.2) is 9.84 Å². The van der Waals surface area contributed by atoms with Crippen LogP contribution in [-0.4, -0.2) is 48.9 Å². The molecular weight excluding hydrogens is 414 g/mol. The number of anilines is 1. The van der Waals surface area contributed by atoms with E-state index >= 15 is 0 Å². The summed E-state index contributed by atoms with van der Waals surface area (Å²) in [6.07, 6.45) is 3.37. The molecule has 1 amide bonds. The number of rotatable bonds is 4. The molecule has 31 heavy (non-hydrogen) atoms. The molecule has 0 radical (unpaired) electrons. The molecule has 1 aromatic carbocycles. The molecule has 0 aromatic heterocycles. The van der Waals surface area contributed by atoms with Crippen LogP contribution in [0.1, 0.15) is 46.5 Å². The Labute approximate surface area is 184 Å². The number of nitriles is 1. The number of nitrogens with one attached hydrogen (secondary N) is 3. The number of carbonyl (C=O) groups is 1. The molecule has 9 heteroatoms. The van der Waals surface area contributed by atoms with E-state index in [0.29, 0.717) is 6.54 Å². The van der Waals surface area contributed by atoms with Crippen LogP contribution >= 0.6 is 0 Å². The van der Waals surface area contributed by atoms with Gasteiger partial charge in [0.2, 0.25) is 5.91 Å². The first-order valence-electron chi connectivity index (χ1n) is 11.0. The van der Waals surface area contributed by atoms with Crippen molar-refractivity contribution in [1.29, 1.82) is 5.26 Å². The Kier molecular flexibility index (Phi) is 5.75. The molecule has 0 bridgehead atoms. The zero-order valence-electron chi connectivity index (χ0n) is 18.3. The van der Waals surface area contributed by atoms with Crippen molar-refractivity contribution in [2.75, 3.05) is 11.9 Å². The normalized spacial score (nSPS) is 31.7. The van der Waals surface area contributed by atoms with Crippen LogP contribution in [0.25, 0.3) is 0 Å². The lowest BCUT2D eigenvalue weighted by Crippen LogP contribution is -2.52. The zero-order valence-corrected chi connectivity index (χ0v) is 19.1. The second-order valence-electron chi connectivity index (χ2n) is 9.71. The summed E-state index contributed by atoms with van der Waals surface area (Å²) in [5.74, 6) is -0.312. The molecule has 3 N–H and O–H groups in total. The monoisotopic (exact) mass is 445 g/mol. The molecule has 8 nitrogen and oxygen atoms in total. The Hall–Kier alpha value is -2.15. The van der Waals surface area contributed by atoms with Crippen LogP contribution in [0.15, 0.2) is 29.2 Å². The van der Waals surface area contributed by atoms with E-state index in [0.717, 1.165) is 31.4 Å². The minimum absolute atomic E-state index is 0.00202. The number of nitrogens with zero attached hydrogens (tertiary/aromatic N) is 2. The maximum atomic E-state index is 12.7. The summed E-state index contributed by atoms with van der Waals surface area (Å²) in [5.41, 5.74) is 4.22. The fourth-order valence-electron chi connectivity index (χ4n) is 4.99. The molecule has 4 unspecified atom stereocenters. The predicted molar refractivity (Wildman–Crippen MR) is 117 cm³/mol. The Morgan fingerprint density at radius 3 is 2.48 bits per heavy atom. The van der Waals surface area contributed by atoms with E-state index in [1.54, 1.807) is 45.0 Å². The topological polar surface area (TPSA) is 114 Å². The number of benzene rings is 1. The summed E-state index contributed by atoms with van der Waals surface area (Å²) in [6.45, 7) is 5.69. The minimum Gasteiger partial charge on any atom is -0.368 e. The third-order valence-electron chi connectivity index (χ3n) is 6.76. The summed E-state index contributed by atoms with van der Waals surface area (Å²) < 4.78 is 24.5. The Morgan fingerprint density at radius 2 is 1.84 bits per heavy atom. The SMILES string of the molecule is CC(C)(C)S(=O)(=O)c1ccc(NC2NN(C3CCC[C@@H]3C#N)C3CCNC(=O)C23)cc1. The van der Waals surface area contributed by atoms with Gasteiger partial charge in [-0.3, -0.25) is 4.79 Å². The second-order valence-corrected chi connectivity index (χ2v) is 12.4. The summed E-state index contributed by atoms with van der Waals surface area (Å²) >= 11 is 0. The third kappa shape index (κ3) is 3.93. The number of piperidine rings is 1. The first-order chi connectivity index (χ1) is 14.6. The van der Waals surface area contributed by atoms with Crippen molar-refractivity contribution in [3.8, 4) is 6.07 Å². The van der Waals surface area contributed by atoms with Crippen molar-refractivity contribution >= 4 is 21.4 Å². The van der Waals surface area contributed by atoms with Gasteiger partial charge in [0, 0.05) is 24.3 Å². The molecule has 168 valence electrons. The molecule has 4 rings (SSSR count). The van der Waals surface area contributed by atoms with Crippen LogP contribution in [0.3, 0.4) is 0 Å². The van der Waals surface area contributed by atoms with Gasteiger partial charge in [-0.15, -0.1) is 0 Å². The van der Waals surface area contributed by atoms with E-state index in [2.05, 4.69) is 27.1 Å². The largest absolute Gasteiger partial charge is 0.368 e. The summed E-state index contributed by atoms with van der Waals surface area (Å²) in [5, 5.41) is 18.0. The summed E-state index contributed by atoms with van der Waals surface area (Å²) in [4.78, 5) is 13.0. The first-order valence-corrected chi connectivity index (χ1v) is 12.4.